The summed E-state index contributed by atoms with van der Waals surface area (Å²) < 4.78 is 150. The van der Waals surface area contributed by atoms with Crippen molar-refractivity contribution in [2.45, 2.75) is 23.7 Å². The molecule has 0 spiro atoms. The van der Waals surface area contributed by atoms with Gasteiger partial charge in [-0.1, -0.05) is 10.5 Å². The van der Waals surface area contributed by atoms with Gasteiger partial charge in [0.2, 0.25) is 0 Å². The zero-order valence-corrected chi connectivity index (χ0v) is 13.1. The first kappa shape index (κ1) is 19.6. The minimum atomic E-state index is -5.94. The maximum Gasteiger partial charge on any atom is 0.441 e. The molecule has 1 aromatic heterocycles. The van der Waals surface area contributed by atoms with Crippen molar-refractivity contribution in [3.63, 3.8) is 0 Å². The fraction of sp³-hybridized carbons (Fsp3) is 1.00. The predicted octanol–water partition coefficient (Wildman–Crippen LogP) is 8.72. The van der Waals surface area contributed by atoms with Gasteiger partial charge >= 0.3 is 23.7 Å². The third kappa shape index (κ3) is 4.31. The Labute approximate surface area is 114 Å². The Balaban J connectivity index is 3.93. The fourth-order valence-electron chi connectivity index (χ4n) is 1.02. The molecule has 0 aromatic carbocycles. The summed E-state index contributed by atoms with van der Waals surface area (Å²) in [6.45, 7) is -9.68. The van der Waals surface area contributed by atoms with Crippen LogP contribution in [-0.4, -0.2) is 0 Å². The number of rotatable bonds is 0. The van der Waals surface area contributed by atoms with Crippen LogP contribution in [0.5, 0.6) is 0 Å². The van der Waals surface area contributed by atoms with Crippen LogP contribution in [0.2, 0.25) is 0 Å². The Morgan fingerprint density at radius 3 is 0.810 bits per heavy atom. The normalized spacial score (nSPS) is 18.1. The standard InChI is InChI=1S/C4F12P4S/c5-1(6,7)17-18(2(8,9)10)20(4(14,15)16)21-19(17)3(11,12)13. The molecule has 0 aliphatic heterocycles. The summed E-state index contributed by atoms with van der Waals surface area (Å²) in [4.78, 5) is 0. The Morgan fingerprint density at radius 2 is 0.667 bits per heavy atom. The molecule has 1 heterocycles. The summed E-state index contributed by atoms with van der Waals surface area (Å²) in [7, 11) is -1.21. The molecule has 21 heavy (non-hydrogen) atoms. The van der Waals surface area contributed by atoms with Crippen molar-refractivity contribution < 1.29 is 52.7 Å². The Hall–Kier alpha value is 0.580. The van der Waals surface area contributed by atoms with Crippen molar-refractivity contribution in [2.24, 2.45) is 0 Å². The Morgan fingerprint density at radius 1 is 0.429 bits per heavy atom. The molecule has 0 aliphatic carbocycles. The summed E-state index contributed by atoms with van der Waals surface area (Å²) in [6.07, 6.45) is -8.94. The van der Waals surface area contributed by atoms with E-state index in [-0.39, 0.29) is 0 Å². The lowest BCUT2D eigenvalue weighted by Gasteiger charge is -2.16. The van der Waals surface area contributed by atoms with Crippen molar-refractivity contribution in [3.05, 3.63) is 0 Å². The first-order valence-electron chi connectivity index (χ1n) is 4.13. The number of hydrogen-bond acceptors (Lipinski definition) is 1. The molecule has 0 fully saturated rings. The largest absolute Gasteiger partial charge is 0.441 e. The molecule has 0 nitrogen and oxygen atoms in total. The van der Waals surface area contributed by atoms with Crippen molar-refractivity contribution in [1.29, 1.82) is 0 Å². The SMILES string of the molecule is FC(F)(F)p1sp(C(F)(F)F)p(C(F)(F)F)p1C(F)(F)F. The van der Waals surface area contributed by atoms with Crippen molar-refractivity contribution in [3.8, 4) is 0 Å². The van der Waals surface area contributed by atoms with Gasteiger partial charge in [0.25, 0.3) is 0 Å². The fourth-order valence-corrected chi connectivity index (χ4v) is 47.3. The van der Waals surface area contributed by atoms with Crippen LogP contribution in [0.1, 0.15) is 0 Å². The summed E-state index contributed by atoms with van der Waals surface area (Å²) in [5.74, 6) is -23.3. The molecule has 0 saturated carbocycles. The number of hydrogen-bond donors (Lipinski definition) is 0. The van der Waals surface area contributed by atoms with Crippen molar-refractivity contribution >= 4 is 37.1 Å². The highest BCUT2D eigenvalue weighted by atomic mass is 33.0. The van der Waals surface area contributed by atoms with E-state index in [0.29, 0.717) is 0 Å². The van der Waals surface area contributed by atoms with Crippen LogP contribution in [0.25, 0.3) is 0 Å². The first-order chi connectivity index (χ1) is 8.97. The molecule has 0 bridgehead atoms. The zero-order valence-electron chi connectivity index (χ0n) is 8.73. The van der Waals surface area contributed by atoms with Crippen LogP contribution < -0.4 is 0 Å². The van der Waals surface area contributed by atoms with Crippen LogP contribution in [0.3, 0.4) is 0 Å². The van der Waals surface area contributed by atoms with E-state index >= 15 is 0 Å². The van der Waals surface area contributed by atoms with Gasteiger partial charge < -0.3 is 0 Å². The van der Waals surface area contributed by atoms with E-state index < -0.39 is 60.8 Å². The van der Waals surface area contributed by atoms with Gasteiger partial charge in [-0.3, -0.25) is 0 Å². The van der Waals surface area contributed by atoms with E-state index in [1.165, 1.54) is 0 Å². The second-order valence-corrected chi connectivity index (χ2v) is 22.4. The third-order valence-corrected chi connectivity index (χ3v) is 33.6. The summed E-state index contributed by atoms with van der Waals surface area (Å²) in [5, 5.41) is 0. The molecule has 4 unspecified atom stereocenters. The average molecular weight is 432 g/mol. The lowest BCUT2D eigenvalue weighted by atomic mass is 11.6. The molecular formula is C4F12P4S. The maximum atomic E-state index is 12.6. The van der Waals surface area contributed by atoms with Crippen LogP contribution >= 0.6 is 37.1 Å². The van der Waals surface area contributed by atoms with Gasteiger partial charge in [-0.2, -0.15) is 52.7 Å². The topological polar surface area (TPSA) is 0 Å². The third-order valence-electron chi connectivity index (χ3n) is 1.57. The number of halogens is 12. The van der Waals surface area contributed by atoms with E-state index in [9.17, 15) is 52.7 Å². The predicted molar refractivity (Wildman–Crippen MR) is 58.0 cm³/mol. The van der Waals surface area contributed by atoms with E-state index in [2.05, 4.69) is 0 Å². The van der Waals surface area contributed by atoms with Gasteiger partial charge in [0, 0.05) is 0 Å². The van der Waals surface area contributed by atoms with E-state index in [1.54, 1.807) is 0 Å². The van der Waals surface area contributed by atoms with Gasteiger partial charge in [0.1, 0.15) is 0 Å². The molecule has 0 N–H and O–H groups in total. The highest BCUT2D eigenvalue weighted by Gasteiger charge is 2.56. The monoisotopic (exact) mass is 432 g/mol. The molecule has 1 rings (SSSR count). The highest BCUT2D eigenvalue weighted by molar-refractivity contribution is 8.67. The van der Waals surface area contributed by atoms with E-state index in [0.717, 1.165) is 0 Å². The molecule has 0 aliphatic rings. The van der Waals surface area contributed by atoms with Crippen LogP contribution in [0.15, 0.2) is 0 Å². The Bertz CT molecular complexity index is 483. The molecule has 0 amide bonds. The van der Waals surface area contributed by atoms with Gasteiger partial charge in [0.15, 0.2) is 0 Å². The molecule has 17 heteroatoms. The van der Waals surface area contributed by atoms with Crippen molar-refractivity contribution in [1.82, 2.24) is 0 Å². The van der Waals surface area contributed by atoms with Crippen LogP contribution in [0, 0.1) is 0 Å². The van der Waals surface area contributed by atoms with E-state index in [1.807, 2.05) is 0 Å². The van der Waals surface area contributed by atoms with Gasteiger partial charge in [-0.15, -0.1) is 0 Å². The molecule has 1 aromatic rings. The molecule has 126 valence electrons. The average Bonchev–Trinajstić information content (AvgIpc) is 2.52. The van der Waals surface area contributed by atoms with Crippen LogP contribution in [-0.2, 0) is 23.7 Å². The van der Waals surface area contributed by atoms with Crippen molar-refractivity contribution in [2.75, 3.05) is 0 Å². The lowest BCUT2D eigenvalue weighted by Crippen LogP contribution is -1.99. The zero-order chi connectivity index (χ0) is 17.0. The second-order valence-electron chi connectivity index (χ2n) is 3.08. The second kappa shape index (κ2) is 5.59. The molecule has 0 radical (unpaired) electrons. The summed E-state index contributed by atoms with van der Waals surface area (Å²) in [6, 6.07) is 0. The van der Waals surface area contributed by atoms with Crippen LogP contribution in [0.4, 0.5) is 52.7 Å². The summed E-state index contributed by atoms with van der Waals surface area (Å²) >= 11 is 0. The lowest BCUT2D eigenvalue weighted by molar-refractivity contribution is -0.0937. The van der Waals surface area contributed by atoms with E-state index in [4.69, 9.17) is 0 Å². The minimum Gasteiger partial charge on any atom is -0.162 e. The van der Waals surface area contributed by atoms with Gasteiger partial charge in [-0.25, -0.2) is 0 Å². The van der Waals surface area contributed by atoms with Gasteiger partial charge in [0.05, 0.1) is 26.6 Å². The molecule has 0 saturated heterocycles. The summed E-state index contributed by atoms with van der Waals surface area (Å²) in [5.41, 5.74) is 0. The number of alkyl halides is 12. The molecular weight excluding hydrogens is 432 g/mol. The minimum absolute atomic E-state index is 1.21. The molecule has 4 atom stereocenters. The smallest absolute Gasteiger partial charge is 0.162 e. The highest BCUT2D eigenvalue weighted by Crippen LogP contribution is 2.94. The first-order valence-corrected chi connectivity index (χ1v) is 13.6. The maximum absolute atomic E-state index is 12.6. The van der Waals surface area contributed by atoms with Gasteiger partial charge in [-0.05, 0) is 0 Å². The Kier molecular flexibility index (Phi) is 5.22. The quantitative estimate of drug-likeness (QED) is 0.360.